The van der Waals surface area contributed by atoms with E-state index in [4.69, 9.17) is 22.2 Å². The molecule has 132 valence electrons. The summed E-state index contributed by atoms with van der Waals surface area (Å²) in [6, 6.07) is 14.9. The van der Waals surface area contributed by atoms with Gasteiger partial charge in [-0.1, -0.05) is 47.1 Å². The Hall–Kier alpha value is -2.18. The van der Waals surface area contributed by atoms with Gasteiger partial charge in [0.05, 0.1) is 5.69 Å². The fourth-order valence-corrected chi connectivity index (χ4v) is 2.80. The number of hydrogen-bond donors (Lipinski definition) is 2. The van der Waals surface area contributed by atoms with Crippen LogP contribution in [-0.2, 0) is 16.1 Å². The maximum atomic E-state index is 12.2. The molecule has 1 amide bonds. The highest BCUT2D eigenvalue weighted by atomic mass is 35.5. The normalized spacial score (nSPS) is 12.5. The molecule has 0 fully saturated rings. The third-order valence-corrected chi connectivity index (χ3v) is 4.56. The molecule has 7 heteroatoms. The molecule has 0 spiro atoms. The van der Waals surface area contributed by atoms with Gasteiger partial charge >= 0.3 is 0 Å². The van der Waals surface area contributed by atoms with Gasteiger partial charge in [-0.2, -0.15) is 0 Å². The molecule has 5 nitrogen and oxygen atoms in total. The van der Waals surface area contributed by atoms with Crippen molar-refractivity contribution in [1.29, 1.82) is 0 Å². The lowest BCUT2D eigenvalue weighted by Crippen LogP contribution is -2.28. The number of para-hydroxylation sites is 1. The number of amides is 1. The van der Waals surface area contributed by atoms with Gasteiger partial charge in [-0.3, -0.25) is 4.79 Å². The molecular weight excluding hydrogens is 358 g/mol. The highest BCUT2D eigenvalue weighted by Gasteiger charge is 2.16. The van der Waals surface area contributed by atoms with Gasteiger partial charge in [0.2, 0.25) is 6.10 Å². The fraction of sp³-hybridized carbons (Fsp3) is 0.222. The van der Waals surface area contributed by atoms with Crippen LogP contribution in [0.5, 0.6) is 0 Å². The van der Waals surface area contributed by atoms with Crippen molar-refractivity contribution in [2.75, 3.05) is 11.6 Å². The number of rotatable bonds is 7. The summed E-state index contributed by atoms with van der Waals surface area (Å²) in [7, 11) is 0. The van der Waals surface area contributed by atoms with Crippen LogP contribution in [-0.4, -0.2) is 24.1 Å². The molecule has 0 aromatic heterocycles. The Labute approximate surface area is 156 Å². The first-order chi connectivity index (χ1) is 12.0. The number of thioether (sulfide) groups is 1. The minimum atomic E-state index is -0.778. The molecule has 3 N–H and O–H groups in total. The molecule has 1 atom stereocenters. The molecule has 0 radical (unpaired) electrons. The Morgan fingerprint density at radius 3 is 2.68 bits per heavy atom. The molecule has 0 saturated heterocycles. The minimum Gasteiger partial charge on any atom is -0.384 e. The van der Waals surface area contributed by atoms with Gasteiger partial charge in [-0.15, -0.1) is 11.8 Å². The maximum absolute atomic E-state index is 12.2. The Balaban J connectivity index is 1.93. The van der Waals surface area contributed by atoms with E-state index in [0.29, 0.717) is 11.4 Å². The van der Waals surface area contributed by atoms with Gasteiger partial charge in [-0.05, 0) is 36.9 Å². The van der Waals surface area contributed by atoms with Gasteiger partial charge in [0, 0.05) is 16.3 Å². The van der Waals surface area contributed by atoms with E-state index in [0.717, 1.165) is 16.1 Å². The second kappa shape index (κ2) is 9.34. The number of hydrogen-bond acceptors (Lipinski definition) is 4. The van der Waals surface area contributed by atoms with E-state index in [1.165, 1.54) is 0 Å². The van der Waals surface area contributed by atoms with Crippen LogP contribution in [0.1, 0.15) is 12.5 Å². The molecule has 0 aliphatic carbocycles. The monoisotopic (exact) mass is 377 g/mol. The molecule has 1 unspecified atom stereocenters. The molecular formula is C18H20ClN3O2S. The number of carbonyl (C=O) groups excluding carboxylic acids is 1. The van der Waals surface area contributed by atoms with Crippen LogP contribution in [0.25, 0.3) is 0 Å². The Morgan fingerprint density at radius 1 is 1.28 bits per heavy atom. The van der Waals surface area contributed by atoms with Crippen LogP contribution < -0.4 is 11.1 Å². The van der Waals surface area contributed by atoms with Crippen molar-refractivity contribution >= 4 is 40.8 Å². The second-order valence-electron chi connectivity index (χ2n) is 5.29. The Kier molecular flexibility index (Phi) is 7.16. The van der Waals surface area contributed by atoms with E-state index in [1.807, 2.05) is 48.7 Å². The van der Waals surface area contributed by atoms with Crippen LogP contribution >= 0.6 is 23.4 Å². The average Bonchev–Trinajstić information content (AvgIpc) is 2.62. The Bertz CT molecular complexity index is 767. The molecule has 0 aliphatic heterocycles. The molecule has 0 heterocycles. The number of halogens is 1. The van der Waals surface area contributed by atoms with Crippen LogP contribution in [0.2, 0.25) is 5.02 Å². The zero-order chi connectivity index (χ0) is 18.2. The predicted molar refractivity (Wildman–Crippen MR) is 104 cm³/mol. The molecule has 0 bridgehead atoms. The number of amidine groups is 1. The van der Waals surface area contributed by atoms with Crippen molar-refractivity contribution in [3.05, 3.63) is 59.1 Å². The van der Waals surface area contributed by atoms with Crippen molar-refractivity contribution in [2.45, 2.75) is 24.3 Å². The summed E-state index contributed by atoms with van der Waals surface area (Å²) in [5.41, 5.74) is 7.44. The van der Waals surface area contributed by atoms with Crippen LogP contribution in [0, 0.1) is 0 Å². The Morgan fingerprint density at radius 2 is 1.96 bits per heavy atom. The van der Waals surface area contributed by atoms with E-state index < -0.39 is 6.10 Å². The van der Waals surface area contributed by atoms with Gasteiger partial charge in [0.1, 0.15) is 5.84 Å². The number of carbonyl (C=O) groups is 1. The molecule has 2 aromatic carbocycles. The van der Waals surface area contributed by atoms with E-state index in [-0.39, 0.29) is 11.7 Å². The molecule has 25 heavy (non-hydrogen) atoms. The number of oxime groups is 1. The minimum absolute atomic E-state index is 0.247. The molecule has 2 rings (SSSR count). The first-order valence-corrected chi connectivity index (χ1v) is 9.27. The highest BCUT2D eigenvalue weighted by Crippen LogP contribution is 2.24. The molecule has 2 aromatic rings. The number of nitrogens with one attached hydrogen (secondary N) is 1. The first kappa shape index (κ1) is 19.1. The second-order valence-corrected chi connectivity index (χ2v) is 6.54. The van der Waals surface area contributed by atoms with Gasteiger partial charge < -0.3 is 15.9 Å². The largest absolute Gasteiger partial charge is 0.384 e. The van der Waals surface area contributed by atoms with Crippen LogP contribution in [0.3, 0.4) is 0 Å². The third-order valence-electron chi connectivity index (χ3n) is 3.39. The van der Waals surface area contributed by atoms with Crippen molar-refractivity contribution < 1.29 is 9.63 Å². The lowest BCUT2D eigenvalue weighted by molar-refractivity contribution is -0.126. The van der Waals surface area contributed by atoms with Gasteiger partial charge in [0.15, 0.2) is 0 Å². The fourth-order valence-electron chi connectivity index (χ4n) is 2.05. The van der Waals surface area contributed by atoms with E-state index in [2.05, 4.69) is 10.5 Å². The summed E-state index contributed by atoms with van der Waals surface area (Å²) in [5, 5.41) is 7.27. The SMILES string of the molecule is CSc1ccccc1NC(=O)C(C)ON=C(N)Cc1ccccc1Cl. The molecule has 0 saturated carbocycles. The van der Waals surface area contributed by atoms with Crippen molar-refractivity contribution in [3.63, 3.8) is 0 Å². The first-order valence-electron chi connectivity index (χ1n) is 7.66. The standard InChI is InChI=1S/C18H20ClN3O2S/c1-12(18(23)21-15-9-5-6-10-16(15)25-2)24-22-17(20)11-13-7-3-4-8-14(13)19/h3-10,12H,11H2,1-2H3,(H2,20,22)(H,21,23). The predicted octanol–water partition coefficient (Wildman–Crippen LogP) is 3.92. The number of nitrogens with zero attached hydrogens (tertiary/aromatic N) is 1. The summed E-state index contributed by atoms with van der Waals surface area (Å²) < 4.78 is 0. The highest BCUT2D eigenvalue weighted by molar-refractivity contribution is 7.98. The summed E-state index contributed by atoms with van der Waals surface area (Å²) in [6.45, 7) is 1.61. The lowest BCUT2D eigenvalue weighted by Gasteiger charge is -2.13. The summed E-state index contributed by atoms with van der Waals surface area (Å²) in [5.74, 6) is -0.0481. The van der Waals surface area contributed by atoms with Crippen LogP contribution in [0.4, 0.5) is 5.69 Å². The van der Waals surface area contributed by atoms with Gasteiger partial charge in [-0.25, -0.2) is 0 Å². The van der Waals surface area contributed by atoms with Crippen molar-refractivity contribution in [3.8, 4) is 0 Å². The maximum Gasteiger partial charge on any atom is 0.268 e. The lowest BCUT2D eigenvalue weighted by atomic mass is 10.1. The van der Waals surface area contributed by atoms with E-state index >= 15 is 0 Å². The zero-order valence-corrected chi connectivity index (χ0v) is 15.6. The summed E-state index contributed by atoms with van der Waals surface area (Å²) >= 11 is 7.64. The zero-order valence-electron chi connectivity index (χ0n) is 14.0. The molecule has 0 aliphatic rings. The van der Waals surface area contributed by atoms with Crippen molar-refractivity contribution in [1.82, 2.24) is 0 Å². The van der Waals surface area contributed by atoms with E-state index in [9.17, 15) is 4.79 Å². The smallest absolute Gasteiger partial charge is 0.268 e. The van der Waals surface area contributed by atoms with E-state index in [1.54, 1.807) is 24.8 Å². The average molecular weight is 378 g/mol. The van der Waals surface area contributed by atoms with Crippen molar-refractivity contribution in [2.24, 2.45) is 10.9 Å². The number of anilines is 1. The number of nitrogens with two attached hydrogens (primary N) is 1. The summed E-state index contributed by atoms with van der Waals surface area (Å²) in [6.07, 6.45) is 1.52. The van der Waals surface area contributed by atoms with Gasteiger partial charge in [0.25, 0.3) is 5.91 Å². The summed E-state index contributed by atoms with van der Waals surface area (Å²) in [4.78, 5) is 18.4. The van der Waals surface area contributed by atoms with Crippen LogP contribution in [0.15, 0.2) is 58.6 Å². The topological polar surface area (TPSA) is 76.7 Å². The quantitative estimate of drug-likeness (QED) is 0.332. The number of benzene rings is 2. The third kappa shape index (κ3) is 5.69.